The van der Waals surface area contributed by atoms with Crippen molar-refractivity contribution in [1.82, 2.24) is 9.78 Å². The van der Waals surface area contributed by atoms with E-state index in [-0.39, 0.29) is 11.1 Å². The summed E-state index contributed by atoms with van der Waals surface area (Å²) >= 11 is 0. The predicted molar refractivity (Wildman–Crippen MR) is 94.2 cm³/mol. The minimum Gasteiger partial charge on any atom is -0.469 e. The number of hydrogen-bond donors (Lipinski definition) is 0. The van der Waals surface area contributed by atoms with E-state index in [0.29, 0.717) is 11.5 Å². The highest BCUT2D eigenvalue weighted by Gasteiger charge is 2.32. The molecule has 0 aliphatic rings. The number of aryl methyl sites for hydroxylation is 2. The number of furan rings is 1. The summed E-state index contributed by atoms with van der Waals surface area (Å²) in [6, 6.07) is 10.9. The average molecular weight is 347 g/mol. The maximum atomic E-state index is 12.8. The molecule has 0 saturated heterocycles. The van der Waals surface area contributed by atoms with Gasteiger partial charge in [-0.05, 0) is 38.5 Å². The SMILES string of the molecule is Cc1ccccc1-n1ncc(C(=O)[C@H](C#N)C(=O)c2ccoc2C)c1C. The molecule has 0 unspecified atom stereocenters. The Hall–Kier alpha value is -3.46. The topological polar surface area (TPSA) is 88.9 Å². The van der Waals surface area contributed by atoms with Gasteiger partial charge in [-0.15, -0.1) is 0 Å². The molecule has 0 radical (unpaired) electrons. The molecule has 1 atom stereocenters. The van der Waals surface area contributed by atoms with Gasteiger partial charge < -0.3 is 4.42 Å². The van der Waals surface area contributed by atoms with Crippen LogP contribution in [-0.4, -0.2) is 21.3 Å². The average Bonchev–Trinajstić information content (AvgIpc) is 3.21. The van der Waals surface area contributed by atoms with Crippen molar-refractivity contribution in [2.75, 3.05) is 0 Å². The largest absolute Gasteiger partial charge is 0.469 e. The zero-order chi connectivity index (χ0) is 18.8. The lowest BCUT2D eigenvalue weighted by Gasteiger charge is -2.09. The highest BCUT2D eigenvalue weighted by molar-refractivity contribution is 6.18. The highest BCUT2D eigenvalue weighted by Crippen LogP contribution is 2.22. The number of carbonyl (C=O) groups excluding carboxylic acids is 2. The monoisotopic (exact) mass is 347 g/mol. The molecular weight excluding hydrogens is 330 g/mol. The number of ketones is 2. The molecule has 3 rings (SSSR count). The molecule has 0 aliphatic heterocycles. The second-order valence-corrected chi connectivity index (χ2v) is 6.02. The van der Waals surface area contributed by atoms with Crippen LogP contribution >= 0.6 is 0 Å². The van der Waals surface area contributed by atoms with Crippen LogP contribution in [0.5, 0.6) is 0 Å². The van der Waals surface area contributed by atoms with Gasteiger partial charge in [-0.1, -0.05) is 18.2 Å². The maximum Gasteiger partial charge on any atom is 0.191 e. The van der Waals surface area contributed by atoms with Crippen LogP contribution in [0.25, 0.3) is 5.69 Å². The number of para-hydroxylation sites is 1. The molecule has 0 amide bonds. The van der Waals surface area contributed by atoms with E-state index in [1.165, 1.54) is 18.5 Å². The van der Waals surface area contributed by atoms with E-state index in [2.05, 4.69) is 5.10 Å². The van der Waals surface area contributed by atoms with Crippen LogP contribution in [0.3, 0.4) is 0 Å². The van der Waals surface area contributed by atoms with Crippen LogP contribution in [0.2, 0.25) is 0 Å². The zero-order valence-electron chi connectivity index (χ0n) is 14.7. The minimum atomic E-state index is -1.43. The fourth-order valence-electron chi connectivity index (χ4n) is 2.88. The summed E-state index contributed by atoms with van der Waals surface area (Å²) in [7, 11) is 0. The van der Waals surface area contributed by atoms with Gasteiger partial charge in [0.15, 0.2) is 17.5 Å². The van der Waals surface area contributed by atoms with Crippen molar-refractivity contribution in [2.24, 2.45) is 5.92 Å². The molecule has 130 valence electrons. The Labute approximate surface area is 150 Å². The Kier molecular flexibility index (Phi) is 4.55. The lowest BCUT2D eigenvalue weighted by Crippen LogP contribution is -2.23. The van der Waals surface area contributed by atoms with Gasteiger partial charge in [0, 0.05) is 0 Å². The Bertz CT molecular complexity index is 1040. The van der Waals surface area contributed by atoms with Crippen LogP contribution in [0.15, 0.2) is 47.2 Å². The first-order valence-electron chi connectivity index (χ1n) is 8.08. The van der Waals surface area contributed by atoms with Gasteiger partial charge in [-0.2, -0.15) is 10.4 Å². The van der Waals surface area contributed by atoms with Gasteiger partial charge in [0.2, 0.25) is 0 Å². The first kappa shape index (κ1) is 17.4. The number of carbonyl (C=O) groups is 2. The van der Waals surface area contributed by atoms with Crippen LogP contribution in [-0.2, 0) is 0 Å². The van der Waals surface area contributed by atoms with Crippen molar-refractivity contribution in [3.63, 3.8) is 0 Å². The van der Waals surface area contributed by atoms with Crippen LogP contribution in [0.4, 0.5) is 0 Å². The number of nitrogens with zero attached hydrogens (tertiary/aromatic N) is 3. The van der Waals surface area contributed by atoms with Crippen molar-refractivity contribution in [3.8, 4) is 11.8 Å². The van der Waals surface area contributed by atoms with Crippen molar-refractivity contribution in [1.29, 1.82) is 5.26 Å². The summed E-state index contributed by atoms with van der Waals surface area (Å²) in [5, 5.41) is 13.7. The van der Waals surface area contributed by atoms with Gasteiger partial charge in [0.25, 0.3) is 0 Å². The molecular formula is C20H17N3O3. The molecule has 1 aromatic carbocycles. The van der Waals surface area contributed by atoms with E-state index in [1.807, 2.05) is 37.3 Å². The first-order chi connectivity index (χ1) is 12.5. The number of hydrogen-bond acceptors (Lipinski definition) is 5. The smallest absolute Gasteiger partial charge is 0.191 e. The molecule has 0 saturated carbocycles. The fraction of sp³-hybridized carbons (Fsp3) is 0.200. The number of nitriles is 1. The van der Waals surface area contributed by atoms with E-state index in [4.69, 9.17) is 4.42 Å². The lowest BCUT2D eigenvalue weighted by atomic mass is 9.91. The molecule has 26 heavy (non-hydrogen) atoms. The second kappa shape index (κ2) is 6.81. The number of benzene rings is 1. The summed E-state index contributed by atoms with van der Waals surface area (Å²) in [6.07, 6.45) is 2.77. The van der Waals surface area contributed by atoms with Gasteiger partial charge in [-0.25, -0.2) is 4.68 Å². The van der Waals surface area contributed by atoms with Crippen molar-refractivity contribution < 1.29 is 14.0 Å². The first-order valence-corrected chi connectivity index (χ1v) is 8.08. The van der Waals surface area contributed by atoms with Gasteiger partial charge in [0.1, 0.15) is 5.76 Å². The molecule has 6 heteroatoms. The third-order valence-corrected chi connectivity index (χ3v) is 4.40. The maximum absolute atomic E-state index is 12.8. The Morgan fingerprint density at radius 1 is 1.12 bits per heavy atom. The van der Waals surface area contributed by atoms with E-state index in [1.54, 1.807) is 18.5 Å². The predicted octanol–water partition coefficient (Wildman–Crippen LogP) is 3.60. The molecule has 0 bridgehead atoms. The summed E-state index contributed by atoms with van der Waals surface area (Å²) in [4.78, 5) is 25.4. The zero-order valence-corrected chi connectivity index (χ0v) is 14.7. The fourth-order valence-corrected chi connectivity index (χ4v) is 2.88. The van der Waals surface area contributed by atoms with Gasteiger partial charge in [-0.3, -0.25) is 9.59 Å². The quantitative estimate of drug-likeness (QED) is 0.520. The molecule has 0 aliphatic carbocycles. The molecule has 2 heterocycles. The molecule has 0 spiro atoms. The van der Waals surface area contributed by atoms with E-state index < -0.39 is 17.5 Å². The van der Waals surface area contributed by atoms with E-state index in [0.717, 1.165) is 11.3 Å². The Balaban J connectivity index is 1.98. The molecule has 0 fully saturated rings. The number of aromatic nitrogens is 2. The lowest BCUT2D eigenvalue weighted by molar-refractivity contribution is 0.0845. The Morgan fingerprint density at radius 2 is 1.81 bits per heavy atom. The van der Waals surface area contributed by atoms with Gasteiger partial charge in [0.05, 0.1) is 41.0 Å². The van der Waals surface area contributed by atoms with E-state index in [9.17, 15) is 14.9 Å². The number of rotatable bonds is 5. The third kappa shape index (κ3) is 2.84. The van der Waals surface area contributed by atoms with Crippen LogP contribution in [0, 0.1) is 38.0 Å². The van der Waals surface area contributed by atoms with Crippen molar-refractivity contribution >= 4 is 11.6 Å². The third-order valence-electron chi connectivity index (χ3n) is 4.40. The standard InChI is InChI=1S/C20H17N3O3/c1-12-6-4-5-7-18(12)23-13(2)17(11-22-23)20(25)16(10-21)19(24)15-8-9-26-14(15)3/h4-9,11,16H,1-3H3/t16-/m1/s1. The van der Waals surface area contributed by atoms with Crippen LogP contribution < -0.4 is 0 Å². The summed E-state index contributed by atoms with van der Waals surface area (Å²) in [5.41, 5.74) is 2.93. The number of Topliss-reactive ketones (excluding diaryl/α,β-unsaturated/α-hetero) is 2. The summed E-state index contributed by atoms with van der Waals surface area (Å²) in [6.45, 7) is 5.31. The molecule has 3 aromatic rings. The minimum absolute atomic E-state index is 0.244. The van der Waals surface area contributed by atoms with Crippen LogP contribution in [0.1, 0.15) is 37.7 Å². The summed E-state index contributed by atoms with van der Waals surface area (Å²) < 4.78 is 6.75. The Morgan fingerprint density at radius 3 is 2.42 bits per heavy atom. The van der Waals surface area contributed by atoms with Gasteiger partial charge >= 0.3 is 0 Å². The molecule has 6 nitrogen and oxygen atoms in total. The van der Waals surface area contributed by atoms with E-state index >= 15 is 0 Å². The van der Waals surface area contributed by atoms with Crippen molar-refractivity contribution in [3.05, 3.63) is 70.9 Å². The van der Waals surface area contributed by atoms with Crippen molar-refractivity contribution in [2.45, 2.75) is 20.8 Å². The summed E-state index contributed by atoms with van der Waals surface area (Å²) in [5.74, 6) is -2.17. The molecule has 0 N–H and O–H groups in total. The second-order valence-electron chi connectivity index (χ2n) is 6.02. The normalized spacial score (nSPS) is 11.8. The highest BCUT2D eigenvalue weighted by atomic mass is 16.3. The molecule has 2 aromatic heterocycles.